The SMILES string of the molecule is CC(=O)Oc1ccc2cc1Oc1ccc(cc1)C[C@]1(OC(=O)c3occ4c(OC(C)=O)ccc-4c31)C(=O)OCC2. The molecular formula is C30H22O10. The van der Waals surface area contributed by atoms with Crippen molar-refractivity contribution in [3.63, 3.8) is 0 Å². The Balaban J connectivity index is 1.44. The Kier molecular flexibility index (Phi) is 6.02. The summed E-state index contributed by atoms with van der Waals surface area (Å²) in [5.41, 5.74) is 0.618. The topological polar surface area (TPSA) is 128 Å². The molecule has 0 unspecified atom stereocenters. The molecule has 1 aliphatic carbocycles. The van der Waals surface area contributed by atoms with Crippen molar-refractivity contribution in [3.8, 4) is 34.1 Å². The highest BCUT2D eigenvalue weighted by molar-refractivity contribution is 6.02. The minimum atomic E-state index is -1.85. The average molecular weight is 542 g/mol. The van der Waals surface area contributed by atoms with Gasteiger partial charge in [-0.3, -0.25) is 9.59 Å². The molecule has 5 aliphatic rings. The number of ether oxygens (including phenoxy) is 5. The molecule has 0 fully saturated rings. The van der Waals surface area contributed by atoms with Gasteiger partial charge in [-0.05, 0) is 47.5 Å². The lowest BCUT2D eigenvalue weighted by atomic mass is 9.84. The van der Waals surface area contributed by atoms with Gasteiger partial charge in [-0.1, -0.05) is 18.2 Å². The molecular weight excluding hydrogens is 520 g/mol. The molecule has 0 amide bonds. The summed E-state index contributed by atoms with van der Waals surface area (Å²) in [4.78, 5) is 50.0. The van der Waals surface area contributed by atoms with Crippen molar-refractivity contribution in [1.29, 1.82) is 0 Å². The highest BCUT2D eigenvalue weighted by atomic mass is 16.6. The maximum Gasteiger partial charge on any atom is 0.376 e. The van der Waals surface area contributed by atoms with Gasteiger partial charge >= 0.3 is 23.9 Å². The Bertz CT molecular complexity index is 1650. The first-order valence-corrected chi connectivity index (χ1v) is 12.5. The average Bonchev–Trinajstić information content (AvgIpc) is 3.44. The molecule has 202 valence electrons. The first-order valence-electron chi connectivity index (χ1n) is 12.5. The van der Waals surface area contributed by atoms with Crippen LogP contribution in [0.4, 0.5) is 0 Å². The van der Waals surface area contributed by atoms with Crippen molar-refractivity contribution < 1.29 is 47.3 Å². The zero-order valence-corrected chi connectivity index (χ0v) is 21.5. The largest absolute Gasteiger partial charge is 0.462 e. The Morgan fingerprint density at radius 1 is 0.850 bits per heavy atom. The maximum absolute atomic E-state index is 13.8. The van der Waals surface area contributed by atoms with Gasteiger partial charge in [-0.2, -0.15) is 0 Å². The van der Waals surface area contributed by atoms with Crippen LogP contribution in [0.25, 0.3) is 11.1 Å². The fourth-order valence-corrected chi connectivity index (χ4v) is 5.00. The lowest BCUT2D eigenvalue weighted by Crippen LogP contribution is -2.40. The first-order chi connectivity index (χ1) is 19.2. The number of fused-ring (bicyclic) bond motifs is 8. The lowest BCUT2D eigenvalue weighted by Gasteiger charge is -2.28. The van der Waals surface area contributed by atoms with E-state index in [1.165, 1.54) is 20.1 Å². The normalized spacial score (nSPS) is 17.9. The van der Waals surface area contributed by atoms with Gasteiger partial charge in [0.1, 0.15) is 17.8 Å². The van der Waals surface area contributed by atoms with Gasteiger partial charge in [0.2, 0.25) is 11.4 Å². The third-order valence-electron chi connectivity index (χ3n) is 6.68. The van der Waals surface area contributed by atoms with E-state index in [1.807, 2.05) is 0 Å². The van der Waals surface area contributed by atoms with Gasteiger partial charge in [-0.25, -0.2) is 9.59 Å². The van der Waals surface area contributed by atoms with Crippen LogP contribution >= 0.6 is 0 Å². The highest BCUT2D eigenvalue weighted by Gasteiger charge is 2.56. The van der Waals surface area contributed by atoms with E-state index in [2.05, 4.69) is 0 Å². The molecule has 0 saturated carbocycles. The molecule has 10 nitrogen and oxygen atoms in total. The quantitative estimate of drug-likeness (QED) is 0.259. The zero-order chi connectivity index (χ0) is 28.0. The van der Waals surface area contributed by atoms with Crippen LogP contribution in [0.2, 0.25) is 0 Å². The number of hydrogen-bond donors (Lipinski definition) is 0. The van der Waals surface area contributed by atoms with E-state index in [0.717, 1.165) is 5.56 Å². The number of esters is 4. The molecule has 2 aromatic rings. The smallest absolute Gasteiger partial charge is 0.376 e. The zero-order valence-electron chi connectivity index (χ0n) is 21.5. The number of rotatable bonds is 2. The third kappa shape index (κ3) is 4.33. The van der Waals surface area contributed by atoms with Crippen LogP contribution in [0, 0.1) is 0 Å². The highest BCUT2D eigenvalue weighted by Crippen LogP contribution is 2.49. The Morgan fingerprint density at radius 2 is 1.55 bits per heavy atom. The molecule has 40 heavy (non-hydrogen) atoms. The minimum absolute atomic E-state index is 0.0375. The van der Waals surface area contributed by atoms with E-state index in [9.17, 15) is 19.2 Å². The molecule has 4 aliphatic heterocycles. The van der Waals surface area contributed by atoms with Gasteiger partial charge < -0.3 is 28.1 Å². The van der Waals surface area contributed by atoms with Crippen molar-refractivity contribution in [1.82, 2.24) is 0 Å². The maximum atomic E-state index is 13.8. The van der Waals surface area contributed by atoms with Crippen molar-refractivity contribution in [2.45, 2.75) is 32.3 Å². The monoisotopic (exact) mass is 542 g/mol. The molecule has 0 radical (unpaired) electrons. The third-order valence-corrected chi connectivity index (χ3v) is 6.68. The van der Waals surface area contributed by atoms with Gasteiger partial charge in [0.25, 0.3) is 0 Å². The van der Waals surface area contributed by atoms with E-state index >= 15 is 0 Å². The number of hydrogen-bond acceptors (Lipinski definition) is 10. The lowest BCUT2D eigenvalue weighted by molar-refractivity contribution is -0.165. The molecule has 0 N–H and O–H groups in total. The fraction of sp³-hybridized carbons (Fsp3) is 0.200. The summed E-state index contributed by atoms with van der Waals surface area (Å²) in [5, 5.41) is 0. The summed E-state index contributed by atoms with van der Waals surface area (Å²) in [6, 6.07) is 15.1. The standard InChI is InChI=1S/C30H22O10/c1-16(31)37-23-10-8-21-22(23)15-36-27-26(21)30(40-28(27)33)14-19-3-6-20(7-4-19)39-25-13-18(11-12-35-29(30)34)5-9-24(25)38-17(2)32/h3-10,13,15H,11-12,14H2,1-2H3/t30-/m1/s1. The molecule has 10 heteroatoms. The van der Waals surface area contributed by atoms with Crippen LogP contribution in [0.1, 0.15) is 41.1 Å². The summed E-state index contributed by atoms with van der Waals surface area (Å²) < 4.78 is 33.7. The Labute approximate surface area is 227 Å². The van der Waals surface area contributed by atoms with Gasteiger partial charge in [0, 0.05) is 32.3 Å². The van der Waals surface area contributed by atoms with Crippen molar-refractivity contribution >= 4 is 23.9 Å². The van der Waals surface area contributed by atoms with E-state index in [-0.39, 0.29) is 35.9 Å². The number of carbonyl (C=O) groups excluding carboxylic acids is 4. The predicted octanol–water partition coefficient (Wildman–Crippen LogP) is 4.74. The van der Waals surface area contributed by atoms with Crippen molar-refractivity contribution in [2.24, 2.45) is 0 Å². The summed E-state index contributed by atoms with van der Waals surface area (Å²) in [6.07, 6.45) is 1.54. The Hall–Kier alpha value is -5.12. The summed E-state index contributed by atoms with van der Waals surface area (Å²) >= 11 is 0. The molecule has 1 spiro atoms. The Morgan fingerprint density at radius 3 is 2.30 bits per heavy atom. The van der Waals surface area contributed by atoms with Crippen molar-refractivity contribution in [2.75, 3.05) is 6.61 Å². The number of benzene rings is 2. The molecule has 2 aromatic carbocycles. The molecule has 7 rings (SSSR count). The van der Waals surface area contributed by atoms with Crippen LogP contribution in [0.15, 0.2) is 65.3 Å². The summed E-state index contributed by atoms with van der Waals surface area (Å²) in [7, 11) is 0. The number of carbonyl (C=O) groups is 4. The van der Waals surface area contributed by atoms with Crippen LogP contribution < -0.4 is 14.2 Å². The first kappa shape index (κ1) is 25.2. The second-order valence-corrected chi connectivity index (χ2v) is 9.46. The fourth-order valence-electron chi connectivity index (χ4n) is 5.00. The van der Waals surface area contributed by atoms with E-state index in [4.69, 9.17) is 28.1 Å². The van der Waals surface area contributed by atoms with Gasteiger partial charge in [-0.15, -0.1) is 0 Å². The molecule has 0 saturated heterocycles. The van der Waals surface area contributed by atoms with Crippen LogP contribution in [-0.4, -0.2) is 30.5 Å². The summed E-state index contributed by atoms with van der Waals surface area (Å²) in [5.74, 6) is -1.44. The second-order valence-electron chi connectivity index (χ2n) is 9.46. The van der Waals surface area contributed by atoms with Crippen LogP contribution in [0.3, 0.4) is 0 Å². The van der Waals surface area contributed by atoms with E-state index in [1.54, 1.807) is 54.6 Å². The van der Waals surface area contributed by atoms with Crippen LogP contribution in [-0.2, 0) is 42.3 Å². The minimum Gasteiger partial charge on any atom is -0.462 e. The molecule has 1 atom stereocenters. The second kappa shape index (κ2) is 9.57. The predicted molar refractivity (Wildman–Crippen MR) is 136 cm³/mol. The van der Waals surface area contributed by atoms with Crippen LogP contribution in [0.5, 0.6) is 23.0 Å². The van der Waals surface area contributed by atoms with Gasteiger partial charge in [0.15, 0.2) is 11.5 Å². The van der Waals surface area contributed by atoms with Crippen molar-refractivity contribution in [3.05, 3.63) is 83.3 Å². The van der Waals surface area contributed by atoms with E-state index < -0.39 is 29.5 Å². The van der Waals surface area contributed by atoms with E-state index in [0.29, 0.717) is 34.6 Å². The molecule has 0 aromatic heterocycles. The molecule has 4 heterocycles. The van der Waals surface area contributed by atoms with Gasteiger partial charge in [0.05, 0.1) is 17.7 Å². The molecule has 4 bridgehead atoms. The summed E-state index contributed by atoms with van der Waals surface area (Å²) in [6.45, 7) is 2.53.